The fourth-order valence-corrected chi connectivity index (χ4v) is 1.64. The van der Waals surface area contributed by atoms with Gasteiger partial charge in [-0.1, -0.05) is 6.07 Å². The van der Waals surface area contributed by atoms with Gasteiger partial charge >= 0.3 is 0 Å². The predicted octanol–water partition coefficient (Wildman–Crippen LogP) is 1.55. The summed E-state index contributed by atoms with van der Waals surface area (Å²) in [5.74, 6) is 0. The Morgan fingerprint density at radius 3 is 2.88 bits per heavy atom. The van der Waals surface area contributed by atoms with Gasteiger partial charge in [0.2, 0.25) is 0 Å². The van der Waals surface area contributed by atoms with Crippen LogP contribution in [-0.4, -0.2) is 14.7 Å². The van der Waals surface area contributed by atoms with Crippen molar-refractivity contribution in [3.8, 4) is 5.69 Å². The maximum Gasteiger partial charge on any atom is 0.271 e. The average Bonchev–Trinajstić information content (AvgIpc) is 2.70. The minimum absolute atomic E-state index is 0.0479. The first-order valence-electron chi connectivity index (χ1n) is 5.12. The lowest BCUT2D eigenvalue weighted by molar-refractivity contribution is -0.384. The first kappa shape index (κ1) is 11.3. The third-order valence-corrected chi connectivity index (χ3v) is 2.62. The second-order valence-corrected chi connectivity index (χ2v) is 3.65. The minimum atomic E-state index is -0.424. The van der Waals surface area contributed by atoms with Crippen LogP contribution in [0, 0.1) is 17.0 Å². The molecule has 2 rings (SSSR count). The van der Waals surface area contributed by atoms with Gasteiger partial charge in [0.1, 0.15) is 0 Å². The van der Waals surface area contributed by atoms with E-state index < -0.39 is 4.92 Å². The van der Waals surface area contributed by atoms with Gasteiger partial charge < -0.3 is 5.73 Å². The molecule has 0 amide bonds. The Labute approximate surface area is 97.8 Å². The smallest absolute Gasteiger partial charge is 0.271 e. The van der Waals surface area contributed by atoms with E-state index in [1.165, 1.54) is 12.1 Å². The van der Waals surface area contributed by atoms with E-state index in [0.717, 1.165) is 11.3 Å². The van der Waals surface area contributed by atoms with Crippen molar-refractivity contribution in [2.24, 2.45) is 5.73 Å². The molecule has 2 aromatic rings. The molecular formula is C11H12N4O2. The van der Waals surface area contributed by atoms with Crippen LogP contribution >= 0.6 is 0 Å². The third-order valence-electron chi connectivity index (χ3n) is 2.62. The van der Waals surface area contributed by atoms with Crippen molar-refractivity contribution in [3.63, 3.8) is 0 Å². The van der Waals surface area contributed by atoms with Gasteiger partial charge in [0.15, 0.2) is 0 Å². The maximum absolute atomic E-state index is 10.7. The number of aromatic nitrogens is 2. The van der Waals surface area contributed by atoms with Crippen LogP contribution in [0.4, 0.5) is 5.69 Å². The summed E-state index contributed by atoms with van der Waals surface area (Å²) in [6.45, 7) is 2.29. The van der Waals surface area contributed by atoms with Crippen LogP contribution in [0.15, 0.2) is 30.5 Å². The lowest BCUT2D eigenvalue weighted by Crippen LogP contribution is -2.02. The van der Waals surface area contributed by atoms with Crippen molar-refractivity contribution >= 4 is 5.69 Å². The van der Waals surface area contributed by atoms with Crippen molar-refractivity contribution in [2.45, 2.75) is 13.5 Å². The zero-order valence-electron chi connectivity index (χ0n) is 9.33. The fourth-order valence-electron chi connectivity index (χ4n) is 1.64. The van der Waals surface area contributed by atoms with Gasteiger partial charge in [-0.05, 0) is 13.0 Å². The predicted molar refractivity (Wildman–Crippen MR) is 62.8 cm³/mol. The minimum Gasteiger partial charge on any atom is -0.326 e. The molecule has 0 aliphatic rings. The number of nitrogens with two attached hydrogens (primary N) is 1. The van der Waals surface area contributed by atoms with Crippen LogP contribution in [0.25, 0.3) is 5.69 Å². The van der Waals surface area contributed by atoms with E-state index in [1.807, 2.05) is 6.92 Å². The molecule has 17 heavy (non-hydrogen) atoms. The molecule has 6 nitrogen and oxygen atoms in total. The number of hydrogen-bond donors (Lipinski definition) is 1. The van der Waals surface area contributed by atoms with E-state index in [4.69, 9.17) is 5.73 Å². The highest BCUT2D eigenvalue weighted by Gasteiger charge is 2.10. The molecule has 0 spiro atoms. The molecule has 0 fully saturated rings. The topological polar surface area (TPSA) is 87.0 Å². The molecule has 1 aromatic carbocycles. The number of nitrogens with zero attached hydrogens (tertiary/aromatic N) is 3. The van der Waals surface area contributed by atoms with Crippen LogP contribution in [0.1, 0.15) is 11.3 Å². The van der Waals surface area contributed by atoms with Crippen LogP contribution in [-0.2, 0) is 6.54 Å². The van der Waals surface area contributed by atoms with Gasteiger partial charge in [-0.2, -0.15) is 5.10 Å². The second-order valence-electron chi connectivity index (χ2n) is 3.65. The molecule has 0 saturated carbocycles. The molecule has 0 aliphatic carbocycles. The largest absolute Gasteiger partial charge is 0.326 e. The molecule has 0 aliphatic heterocycles. The van der Waals surface area contributed by atoms with Crippen LogP contribution in [0.5, 0.6) is 0 Å². The number of rotatable bonds is 3. The van der Waals surface area contributed by atoms with E-state index in [1.54, 1.807) is 23.0 Å². The molecule has 6 heteroatoms. The monoisotopic (exact) mass is 232 g/mol. The Bertz CT molecular complexity index is 562. The van der Waals surface area contributed by atoms with Crippen molar-refractivity contribution in [1.29, 1.82) is 0 Å². The SMILES string of the molecule is Cc1c(CN)cnn1-c1cccc([N+](=O)[O-])c1. The van der Waals surface area contributed by atoms with Crippen LogP contribution in [0.3, 0.4) is 0 Å². The highest BCUT2D eigenvalue weighted by Crippen LogP contribution is 2.18. The molecule has 0 atom stereocenters. The van der Waals surface area contributed by atoms with E-state index in [9.17, 15) is 10.1 Å². The summed E-state index contributed by atoms with van der Waals surface area (Å²) in [5.41, 5.74) is 8.09. The van der Waals surface area contributed by atoms with Gasteiger partial charge in [0.25, 0.3) is 5.69 Å². The Balaban J connectivity index is 2.49. The molecule has 1 aromatic heterocycles. The third kappa shape index (κ3) is 2.02. The summed E-state index contributed by atoms with van der Waals surface area (Å²) in [5, 5.41) is 14.9. The maximum atomic E-state index is 10.7. The van der Waals surface area contributed by atoms with Gasteiger partial charge in [-0.25, -0.2) is 4.68 Å². The van der Waals surface area contributed by atoms with Crippen LogP contribution in [0.2, 0.25) is 0 Å². The summed E-state index contributed by atoms with van der Waals surface area (Å²) in [6.07, 6.45) is 1.67. The molecule has 0 bridgehead atoms. The summed E-state index contributed by atoms with van der Waals surface area (Å²) in [4.78, 5) is 10.3. The average molecular weight is 232 g/mol. The zero-order valence-corrected chi connectivity index (χ0v) is 9.33. The van der Waals surface area contributed by atoms with Gasteiger partial charge in [-0.3, -0.25) is 10.1 Å². The lowest BCUT2D eigenvalue weighted by atomic mass is 10.2. The summed E-state index contributed by atoms with van der Waals surface area (Å²) < 4.78 is 1.65. The fraction of sp³-hybridized carbons (Fsp3) is 0.182. The van der Waals surface area contributed by atoms with Crippen LogP contribution < -0.4 is 5.73 Å². The van der Waals surface area contributed by atoms with E-state index >= 15 is 0 Å². The normalized spacial score (nSPS) is 10.5. The molecule has 1 heterocycles. The second kappa shape index (κ2) is 4.34. The van der Waals surface area contributed by atoms with E-state index in [-0.39, 0.29) is 5.69 Å². The van der Waals surface area contributed by atoms with Crippen molar-refractivity contribution in [3.05, 3.63) is 51.8 Å². The van der Waals surface area contributed by atoms with Crippen molar-refractivity contribution < 1.29 is 4.92 Å². The van der Waals surface area contributed by atoms with Gasteiger partial charge in [0.05, 0.1) is 16.8 Å². The molecule has 0 radical (unpaired) electrons. The lowest BCUT2D eigenvalue weighted by Gasteiger charge is -2.04. The number of nitro benzene ring substituents is 1. The summed E-state index contributed by atoms with van der Waals surface area (Å²) in [6, 6.07) is 6.34. The highest BCUT2D eigenvalue weighted by atomic mass is 16.6. The number of hydrogen-bond acceptors (Lipinski definition) is 4. The standard InChI is InChI=1S/C11H12N4O2/c1-8-9(6-12)7-13-14(8)10-3-2-4-11(5-10)15(16)17/h2-5,7H,6,12H2,1H3. The first-order valence-corrected chi connectivity index (χ1v) is 5.12. The molecule has 0 saturated heterocycles. The molecule has 0 unspecified atom stereocenters. The Morgan fingerprint density at radius 1 is 1.53 bits per heavy atom. The Hall–Kier alpha value is -2.21. The zero-order chi connectivity index (χ0) is 12.4. The molecule has 2 N–H and O–H groups in total. The molecular weight excluding hydrogens is 220 g/mol. The van der Waals surface area contributed by atoms with Crippen molar-refractivity contribution in [2.75, 3.05) is 0 Å². The first-order chi connectivity index (χ1) is 8.13. The number of benzene rings is 1. The summed E-state index contributed by atoms with van der Waals surface area (Å²) in [7, 11) is 0. The van der Waals surface area contributed by atoms with E-state index in [2.05, 4.69) is 5.10 Å². The van der Waals surface area contributed by atoms with Crippen molar-refractivity contribution in [1.82, 2.24) is 9.78 Å². The Kier molecular flexibility index (Phi) is 2.88. The number of nitro groups is 1. The highest BCUT2D eigenvalue weighted by molar-refractivity contribution is 5.44. The molecule has 88 valence electrons. The Morgan fingerprint density at radius 2 is 2.29 bits per heavy atom. The quantitative estimate of drug-likeness (QED) is 0.642. The van der Waals surface area contributed by atoms with Gasteiger partial charge in [0, 0.05) is 29.9 Å². The van der Waals surface area contributed by atoms with Gasteiger partial charge in [-0.15, -0.1) is 0 Å². The number of non-ortho nitro benzene ring substituents is 1. The van der Waals surface area contributed by atoms with E-state index in [0.29, 0.717) is 12.2 Å². The summed E-state index contributed by atoms with van der Waals surface area (Å²) >= 11 is 0.